The number of ether oxygens (including phenoxy) is 2. The van der Waals surface area contributed by atoms with E-state index >= 15 is 0 Å². The molecule has 1 heterocycles. The van der Waals surface area contributed by atoms with Crippen LogP contribution in [0, 0.1) is 0 Å². The van der Waals surface area contributed by atoms with Crippen LogP contribution in [-0.4, -0.2) is 27.4 Å². The van der Waals surface area contributed by atoms with Gasteiger partial charge in [0.1, 0.15) is 22.9 Å². The van der Waals surface area contributed by atoms with Gasteiger partial charge >= 0.3 is 0 Å². The maximum atomic E-state index is 5.82. The second-order valence-corrected chi connectivity index (χ2v) is 9.32. The van der Waals surface area contributed by atoms with Crippen molar-refractivity contribution in [3.63, 3.8) is 0 Å². The molecule has 0 bridgehead atoms. The fourth-order valence-corrected chi connectivity index (χ4v) is 3.85. The van der Waals surface area contributed by atoms with Gasteiger partial charge in [-0.25, -0.2) is 4.98 Å². The number of benzene rings is 2. The molecule has 0 aliphatic heterocycles. The van der Waals surface area contributed by atoms with Crippen LogP contribution in [0.2, 0.25) is 0 Å². The Morgan fingerprint density at radius 2 is 1.12 bits per heavy atom. The molecule has 3 rings (SSSR count). The monoisotopic (exact) mass is 461 g/mol. The van der Waals surface area contributed by atoms with Crippen LogP contribution in [0.25, 0.3) is 22.5 Å². The first kappa shape index (κ1) is 25.7. The molecule has 0 fully saturated rings. The summed E-state index contributed by atoms with van der Waals surface area (Å²) >= 11 is 0. The van der Waals surface area contributed by atoms with Crippen LogP contribution in [-0.2, 0) is 6.42 Å². The summed E-state index contributed by atoms with van der Waals surface area (Å²) in [4.78, 5) is 4.97. The van der Waals surface area contributed by atoms with Crippen molar-refractivity contribution < 1.29 is 9.47 Å². The van der Waals surface area contributed by atoms with Crippen LogP contribution < -0.4 is 9.47 Å². The highest BCUT2D eigenvalue weighted by Gasteiger charge is 2.14. The predicted octanol–water partition coefficient (Wildman–Crippen LogP) is 7.68. The average molecular weight is 462 g/mol. The van der Waals surface area contributed by atoms with Crippen molar-refractivity contribution in [1.82, 2.24) is 15.2 Å². The highest BCUT2D eigenvalue weighted by molar-refractivity contribution is 5.77. The van der Waals surface area contributed by atoms with Gasteiger partial charge in [0, 0.05) is 17.5 Å². The maximum absolute atomic E-state index is 5.82. The molecule has 0 aliphatic carbocycles. The lowest BCUT2D eigenvalue weighted by Crippen LogP contribution is -2.06. The van der Waals surface area contributed by atoms with E-state index in [1.807, 2.05) is 64.1 Å². The van der Waals surface area contributed by atoms with E-state index in [0.29, 0.717) is 0 Å². The summed E-state index contributed by atoms with van der Waals surface area (Å²) in [7, 11) is 0. The molecule has 1 aromatic heterocycles. The molecule has 0 N–H and O–H groups in total. The van der Waals surface area contributed by atoms with E-state index in [9.17, 15) is 0 Å². The van der Waals surface area contributed by atoms with Crippen LogP contribution in [0.15, 0.2) is 48.5 Å². The van der Waals surface area contributed by atoms with E-state index in [1.165, 1.54) is 32.1 Å². The summed E-state index contributed by atoms with van der Waals surface area (Å²) in [6.07, 6.45) is 8.58. The van der Waals surface area contributed by atoms with Gasteiger partial charge in [-0.1, -0.05) is 39.0 Å². The van der Waals surface area contributed by atoms with E-state index in [4.69, 9.17) is 14.5 Å². The molecule has 5 nitrogen and oxygen atoms in total. The molecule has 34 heavy (non-hydrogen) atoms. The van der Waals surface area contributed by atoms with Gasteiger partial charge in [0.15, 0.2) is 5.82 Å². The first-order valence-electron chi connectivity index (χ1n) is 12.7. The molecule has 3 aromatic rings. The topological polar surface area (TPSA) is 57.1 Å². The Balaban J connectivity index is 1.85. The lowest BCUT2D eigenvalue weighted by atomic mass is 10.0. The Hall–Kier alpha value is -2.95. The zero-order valence-corrected chi connectivity index (χ0v) is 21.4. The molecule has 0 saturated carbocycles. The highest BCUT2D eigenvalue weighted by atomic mass is 16.5. The third-order valence-electron chi connectivity index (χ3n) is 5.48. The predicted molar refractivity (Wildman–Crippen MR) is 139 cm³/mol. The van der Waals surface area contributed by atoms with E-state index in [2.05, 4.69) is 29.3 Å². The van der Waals surface area contributed by atoms with Gasteiger partial charge in [-0.3, -0.25) is 0 Å². The van der Waals surface area contributed by atoms with Crippen molar-refractivity contribution in [1.29, 1.82) is 0 Å². The molecule has 0 saturated heterocycles. The zero-order valence-electron chi connectivity index (χ0n) is 21.4. The third kappa shape index (κ3) is 7.82. The molecular weight excluding hydrogens is 422 g/mol. The molecular formula is C29H39N3O2. The minimum Gasteiger partial charge on any atom is -0.491 e. The van der Waals surface area contributed by atoms with Crippen molar-refractivity contribution >= 4 is 0 Å². The Morgan fingerprint density at radius 1 is 0.618 bits per heavy atom. The molecule has 0 unspecified atom stereocenters. The van der Waals surface area contributed by atoms with Crippen LogP contribution in [0.5, 0.6) is 11.5 Å². The minimum atomic E-state index is 0.135. The van der Waals surface area contributed by atoms with Gasteiger partial charge < -0.3 is 9.47 Å². The van der Waals surface area contributed by atoms with Crippen LogP contribution in [0.3, 0.4) is 0 Å². The van der Waals surface area contributed by atoms with Gasteiger partial charge in [-0.2, -0.15) is 0 Å². The molecule has 0 atom stereocenters. The van der Waals surface area contributed by atoms with Crippen molar-refractivity contribution in [3.05, 3.63) is 54.4 Å². The average Bonchev–Trinajstić information content (AvgIpc) is 2.82. The Kier molecular flexibility index (Phi) is 9.87. The lowest BCUT2D eigenvalue weighted by molar-refractivity contribution is 0.242. The Labute approximate surface area is 205 Å². The summed E-state index contributed by atoms with van der Waals surface area (Å²) in [6.45, 7) is 10.4. The quantitative estimate of drug-likeness (QED) is 0.244. The molecule has 0 radical (unpaired) electrons. The number of rotatable bonds is 13. The standard InChI is InChI=1S/C29H39N3O2/c1-6-7-8-9-10-11-12-27-30-28(23-13-17-25(18-14-23)33-21(2)3)29(32-31-27)24-15-19-26(20-16-24)34-22(4)5/h13-22H,6-12H2,1-5H3. The molecule has 2 aromatic carbocycles. The maximum Gasteiger partial charge on any atom is 0.151 e. The fraction of sp³-hybridized carbons (Fsp3) is 0.483. The van der Waals surface area contributed by atoms with Gasteiger partial charge in [-0.15, -0.1) is 10.2 Å². The second kappa shape index (κ2) is 13.1. The number of aromatic nitrogens is 3. The summed E-state index contributed by atoms with van der Waals surface area (Å²) in [5.41, 5.74) is 3.61. The second-order valence-electron chi connectivity index (χ2n) is 9.32. The summed E-state index contributed by atoms with van der Waals surface area (Å²) in [6, 6.07) is 16.1. The minimum absolute atomic E-state index is 0.135. The summed E-state index contributed by atoms with van der Waals surface area (Å²) in [5.74, 6) is 2.50. The molecule has 5 heteroatoms. The van der Waals surface area contributed by atoms with Gasteiger partial charge in [-0.05, 0) is 82.6 Å². The SMILES string of the molecule is CCCCCCCCc1nnc(-c2ccc(OC(C)C)cc2)c(-c2ccc(OC(C)C)cc2)n1. The number of hydrogen-bond acceptors (Lipinski definition) is 5. The molecule has 0 amide bonds. The molecule has 0 spiro atoms. The first-order valence-corrected chi connectivity index (χ1v) is 12.7. The van der Waals surface area contributed by atoms with E-state index < -0.39 is 0 Å². The van der Waals surface area contributed by atoms with Crippen LogP contribution >= 0.6 is 0 Å². The highest BCUT2D eigenvalue weighted by Crippen LogP contribution is 2.31. The third-order valence-corrected chi connectivity index (χ3v) is 5.48. The van der Waals surface area contributed by atoms with Crippen molar-refractivity contribution in [2.45, 2.75) is 91.8 Å². The molecule has 0 aliphatic rings. The number of nitrogens with zero attached hydrogens (tertiary/aromatic N) is 3. The first-order chi connectivity index (χ1) is 16.5. The number of hydrogen-bond donors (Lipinski definition) is 0. The number of unbranched alkanes of at least 4 members (excludes halogenated alkanes) is 5. The molecule has 182 valence electrons. The Bertz CT molecular complexity index is 999. The normalized spacial score (nSPS) is 11.3. The van der Waals surface area contributed by atoms with E-state index in [1.54, 1.807) is 0 Å². The van der Waals surface area contributed by atoms with E-state index in [-0.39, 0.29) is 12.2 Å². The van der Waals surface area contributed by atoms with Crippen molar-refractivity contribution in [2.75, 3.05) is 0 Å². The Morgan fingerprint density at radius 3 is 1.65 bits per heavy atom. The van der Waals surface area contributed by atoms with Gasteiger partial charge in [0.2, 0.25) is 0 Å². The zero-order chi connectivity index (χ0) is 24.3. The number of aryl methyl sites for hydroxylation is 1. The largest absolute Gasteiger partial charge is 0.491 e. The lowest BCUT2D eigenvalue weighted by Gasteiger charge is -2.13. The van der Waals surface area contributed by atoms with Crippen molar-refractivity contribution in [2.24, 2.45) is 0 Å². The summed E-state index contributed by atoms with van der Waals surface area (Å²) < 4.78 is 11.6. The fourth-order valence-electron chi connectivity index (χ4n) is 3.85. The van der Waals surface area contributed by atoms with Crippen LogP contribution in [0.1, 0.15) is 79.0 Å². The van der Waals surface area contributed by atoms with Crippen molar-refractivity contribution in [3.8, 4) is 34.0 Å². The van der Waals surface area contributed by atoms with Gasteiger partial charge in [0.05, 0.1) is 12.2 Å². The summed E-state index contributed by atoms with van der Waals surface area (Å²) in [5, 5.41) is 9.12. The van der Waals surface area contributed by atoms with Gasteiger partial charge in [0.25, 0.3) is 0 Å². The van der Waals surface area contributed by atoms with Crippen LogP contribution in [0.4, 0.5) is 0 Å². The van der Waals surface area contributed by atoms with E-state index in [0.717, 1.165) is 52.7 Å². The smallest absolute Gasteiger partial charge is 0.151 e.